The van der Waals surface area contributed by atoms with Crippen LogP contribution in [0.25, 0.3) is 0 Å². The van der Waals surface area contributed by atoms with Crippen LogP contribution in [-0.2, 0) is 6.42 Å². The van der Waals surface area contributed by atoms with Crippen LogP contribution in [-0.4, -0.2) is 20.2 Å². The van der Waals surface area contributed by atoms with E-state index in [2.05, 4.69) is 31.0 Å². The average Bonchev–Trinajstić information content (AvgIpc) is 2.29. The first-order valence-corrected chi connectivity index (χ1v) is 5.70. The second-order valence-corrected chi connectivity index (χ2v) is 4.06. The largest absolute Gasteiger partial charge is 0.497 e. The van der Waals surface area contributed by atoms with Crippen molar-refractivity contribution in [1.29, 1.82) is 0 Å². The zero-order valence-corrected chi connectivity index (χ0v) is 10.3. The van der Waals surface area contributed by atoms with Crippen molar-refractivity contribution in [2.45, 2.75) is 19.8 Å². The highest BCUT2D eigenvalue weighted by Crippen LogP contribution is 2.11. The molecule has 0 aromatic heterocycles. The van der Waals surface area contributed by atoms with Crippen LogP contribution >= 0.6 is 0 Å². The van der Waals surface area contributed by atoms with Crippen molar-refractivity contribution in [2.24, 2.45) is 0 Å². The smallest absolute Gasteiger partial charge is 0.118 e. The van der Waals surface area contributed by atoms with Gasteiger partial charge in [0.25, 0.3) is 0 Å². The molecule has 1 aromatic carbocycles. The number of methoxy groups -OCH3 is 1. The molecule has 0 unspecified atom stereocenters. The highest BCUT2D eigenvalue weighted by Gasteiger charge is 1.94. The van der Waals surface area contributed by atoms with Gasteiger partial charge in [-0.15, -0.1) is 6.58 Å². The molecular weight excluding hydrogens is 198 g/mol. The van der Waals surface area contributed by atoms with Crippen molar-refractivity contribution in [3.05, 3.63) is 42.0 Å². The summed E-state index contributed by atoms with van der Waals surface area (Å²) in [5, 5.41) is 3.40. The molecule has 0 aliphatic carbocycles. The summed E-state index contributed by atoms with van der Waals surface area (Å²) in [6, 6.07) is 8.23. The molecule has 0 spiro atoms. The SMILES string of the molecule is C=C(C)CCNCCc1ccc(OC)cc1. The van der Waals surface area contributed by atoms with Gasteiger partial charge < -0.3 is 10.1 Å². The van der Waals surface area contributed by atoms with Gasteiger partial charge in [0.15, 0.2) is 0 Å². The van der Waals surface area contributed by atoms with Crippen LogP contribution in [0.3, 0.4) is 0 Å². The van der Waals surface area contributed by atoms with Crippen LogP contribution in [0.2, 0.25) is 0 Å². The second-order valence-electron chi connectivity index (χ2n) is 4.06. The Morgan fingerprint density at radius 3 is 2.50 bits per heavy atom. The van der Waals surface area contributed by atoms with Gasteiger partial charge in [-0.25, -0.2) is 0 Å². The van der Waals surface area contributed by atoms with Gasteiger partial charge in [0, 0.05) is 0 Å². The minimum atomic E-state index is 0.916. The Hall–Kier alpha value is -1.28. The first-order chi connectivity index (χ1) is 7.72. The third kappa shape index (κ3) is 4.99. The van der Waals surface area contributed by atoms with E-state index in [1.165, 1.54) is 11.1 Å². The Kier molecular flexibility index (Phi) is 5.65. The summed E-state index contributed by atoms with van der Waals surface area (Å²) < 4.78 is 5.11. The lowest BCUT2D eigenvalue weighted by atomic mass is 10.1. The molecule has 0 atom stereocenters. The predicted octanol–water partition coefficient (Wildman–Crippen LogP) is 2.79. The molecule has 0 heterocycles. The van der Waals surface area contributed by atoms with Gasteiger partial charge in [-0.3, -0.25) is 0 Å². The van der Waals surface area contributed by atoms with E-state index in [1.807, 2.05) is 12.1 Å². The molecule has 0 saturated carbocycles. The number of hydrogen-bond donors (Lipinski definition) is 1. The zero-order valence-electron chi connectivity index (χ0n) is 10.3. The standard InChI is InChI=1S/C14H21NO/c1-12(2)8-10-15-11-9-13-4-6-14(16-3)7-5-13/h4-7,15H,1,8-11H2,2-3H3. The molecular formula is C14H21NO. The predicted molar refractivity (Wildman–Crippen MR) is 69.0 cm³/mol. The number of rotatable bonds is 7. The van der Waals surface area contributed by atoms with Crippen LogP contribution in [0, 0.1) is 0 Å². The molecule has 0 saturated heterocycles. The van der Waals surface area contributed by atoms with Gasteiger partial charge in [0.2, 0.25) is 0 Å². The minimum Gasteiger partial charge on any atom is -0.497 e. The molecule has 2 nitrogen and oxygen atoms in total. The molecule has 1 N–H and O–H groups in total. The summed E-state index contributed by atoms with van der Waals surface area (Å²) in [4.78, 5) is 0. The van der Waals surface area contributed by atoms with E-state index in [0.29, 0.717) is 0 Å². The lowest BCUT2D eigenvalue weighted by molar-refractivity contribution is 0.414. The lowest BCUT2D eigenvalue weighted by Gasteiger charge is -2.05. The van der Waals surface area contributed by atoms with E-state index in [9.17, 15) is 0 Å². The maximum Gasteiger partial charge on any atom is 0.118 e. The highest BCUT2D eigenvalue weighted by atomic mass is 16.5. The Labute approximate surface area is 98.3 Å². The molecule has 0 aliphatic heterocycles. The maximum atomic E-state index is 5.11. The molecule has 0 radical (unpaired) electrons. The van der Waals surface area contributed by atoms with Crippen LogP contribution in [0.15, 0.2) is 36.4 Å². The maximum absolute atomic E-state index is 5.11. The normalized spacial score (nSPS) is 10.1. The minimum absolute atomic E-state index is 0.916. The van der Waals surface area contributed by atoms with Gasteiger partial charge in [-0.1, -0.05) is 17.7 Å². The molecule has 2 heteroatoms. The third-order valence-corrected chi connectivity index (χ3v) is 2.48. The van der Waals surface area contributed by atoms with Crippen LogP contribution in [0.1, 0.15) is 18.9 Å². The van der Waals surface area contributed by atoms with E-state index >= 15 is 0 Å². The van der Waals surface area contributed by atoms with E-state index in [0.717, 1.165) is 31.7 Å². The van der Waals surface area contributed by atoms with Crippen molar-refractivity contribution < 1.29 is 4.74 Å². The number of hydrogen-bond acceptors (Lipinski definition) is 2. The average molecular weight is 219 g/mol. The summed E-state index contributed by atoms with van der Waals surface area (Å²) in [5.41, 5.74) is 2.57. The summed E-state index contributed by atoms with van der Waals surface area (Å²) in [6.45, 7) is 7.97. The van der Waals surface area contributed by atoms with E-state index in [4.69, 9.17) is 4.74 Å². The van der Waals surface area contributed by atoms with Crippen molar-refractivity contribution in [3.63, 3.8) is 0 Å². The van der Waals surface area contributed by atoms with E-state index in [-0.39, 0.29) is 0 Å². The number of nitrogens with one attached hydrogen (secondary N) is 1. The summed E-state index contributed by atoms with van der Waals surface area (Å²) in [6.07, 6.45) is 2.11. The van der Waals surface area contributed by atoms with Gasteiger partial charge in [-0.05, 0) is 50.6 Å². The fourth-order valence-corrected chi connectivity index (χ4v) is 1.45. The summed E-state index contributed by atoms with van der Waals surface area (Å²) in [7, 11) is 1.69. The molecule has 1 rings (SSSR count). The fraction of sp³-hybridized carbons (Fsp3) is 0.429. The van der Waals surface area contributed by atoms with Gasteiger partial charge in [0.1, 0.15) is 5.75 Å². The monoisotopic (exact) mass is 219 g/mol. The first-order valence-electron chi connectivity index (χ1n) is 5.70. The van der Waals surface area contributed by atoms with Crippen molar-refractivity contribution in [3.8, 4) is 5.75 Å². The van der Waals surface area contributed by atoms with Crippen molar-refractivity contribution in [2.75, 3.05) is 20.2 Å². The van der Waals surface area contributed by atoms with Crippen LogP contribution in [0.5, 0.6) is 5.75 Å². The van der Waals surface area contributed by atoms with Crippen LogP contribution < -0.4 is 10.1 Å². The van der Waals surface area contributed by atoms with E-state index < -0.39 is 0 Å². The Balaban J connectivity index is 2.19. The molecule has 0 aliphatic rings. The topological polar surface area (TPSA) is 21.3 Å². The highest BCUT2D eigenvalue weighted by molar-refractivity contribution is 5.27. The second kappa shape index (κ2) is 7.07. The zero-order chi connectivity index (χ0) is 11.8. The molecule has 88 valence electrons. The Bertz CT molecular complexity index is 316. The molecule has 0 fully saturated rings. The Morgan fingerprint density at radius 1 is 1.25 bits per heavy atom. The Morgan fingerprint density at radius 2 is 1.94 bits per heavy atom. The van der Waals surface area contributed by atoms with Crippen molar-refractivity contribution in [1.82, 2.24) is 5.32 Å². The van der Waals surface area contributed by atoms with Gasteiger partial charge >= 0.3 is 0 Å². The number of ether oxygens (including phenoxy) is 1. The van der Waals surface area contributed by atoms with Gasteiger partial charge in [-0.2, -0.15) is 0 Å². The van der Waals surface area contributed by atoms with Gasteiger partial charge in [0.05, 0.1) is 7.11 Å². The molecule has 1 aromatic rings. The first kappa shape index (κ1) is 12.8. The number of benzene rings is 1. The van der Waals surface area contributed by atoms with Crippen molar-refractivity contribution >= 4 is 0 Å². The summed E-state index contributed by atoms with van der Waals surface area (Å²) >= 11 is 0. The molecule has 0 amide bonds. The van der Waals surface area contributed by atoms with Crippen LogP contribution in [0.4, 0.5) is 0 Å². The fourth-order valence-electron chi connectivity index (χ4n) is 1.45. The quantitative estimate of drug-likeness (QED) is 0.562. The summed E-state index contributed by atoms with van der Waals surface area (Å²) in [5.74, 6) is 0.916. The lowest BCUT2D eigenvalue weighted by Crippen LogP contribution is -2.18. The molecule has 0 bridgehead atoms. The molecule has 16 heavy (non-hydrogen) atoms. The van der Waals surface area contributed by atoms with E-state index in [1.54, 1.807) is 7.11 Å². The third-order valence-electron chi connectivity index (χ3n) is 2.48.